The van der Waals surface area contributed by atoms with Crippen LogP contribution < -0.4 is 20.3 Å². The molecule has 0 saturated heterocycles. The Hall–Kier alpha value is -5.67. The minimum absolute atomic E-state index is 0.0804. The Kier molecular flexibility index (Phi) is 9.40. The fourth-order valence-electron chi connectivity index (χ4n) is 5.56. The summed E-state index contributed by atoms with van der Waals surface area (Å²) in [7, 11) is 1.48. The van der Waals surface area contributed by atoms with Crippen LogP contribution >= 0.6 is 0 Å². The smallest absolute Gasteiger partial charge is 0.420 e. The molecule has 4 aromatic heterocycles. The Morgan fingerprint density at radius 1 is 0.958 bits per heavy atom. The molecule has 0 unspecified atom stereocenters. The van der Waals surface area contributed by atoms with Gasteiger partial charge in [0.1, 0.15) is 11.3 Å². The number of ether oxygens (including phenoxy) is 1. The molecule has 0 spiro atoms. The maximum absolute atomic E-state index is 13.8. The number of anilines is 2. The summed E-state index contributed by atoms with van der Waals surface area (Å²) >= 11 is 0. The number of aromatic nitrogens is 8. The molecule has 5 aromatic rings. The van der Waals surface area contributed by atoms with E-state index in [1.165, 1.54) is 13.3 Å². The van der Waals surface area contributed by atoms with Crippen LogP contribution in [0.15, 0.2) is 67.5 Å². The lowest BCUT2D eigenvalue weighted by Crippen LogP contribution is -2.49. The van der Waals surface area contributed by atoms with Crippen molar-refractivity contribution in [3.05, 3.63) is 84.2 Å². The SMILES string of the molecule is COc1ncc(-c2cnc(N(C(=O)NCc3ccccc3)C3CCC(Nc4ncc(C(F)(F)F)c(-c5[nH]ncc5C)n4)CC3)cn2)cn1. The van der Waals surface area contributed by atoms with Crippen molar-refractivity contribution in [2.24, 2.45) is 0 Å². The van der Waals surface area contributed by atoms with Gasteiger partial charge >= 0.3 is 18.2 Å². The molecule has 248 valence electrons. The van der Waals surface area contributed by atoms with Crippen molar-refractivity contribution in [1.82, 2.24) is 45.4 Å². The number of H-pyrrole nitrogens is 1. The fraction of sp³-hybridized carbons (Fsp3) is 0.312. The van der Waals surface area contributed by atoms with Crippen LogP contribution in [0.2, 0.25) is 0 Å². The van der Waals surface area contributed by atoms with Gasteiger partial charge in [0.15, 0.2) is 5.82 Å². The summed E-state index contributed by atoms with van der Waals surface area (Å²) < 4.78 is 46.4. The highest BCUT2D eigenvalue weighted by molar-refractivity contribution is 5.91. The number of hydrogen-bond acceptors (Lipinski definition) is 10. The van der Waals surface area contributed by atoms with Gasteiger partial charge in [0.2, 0.25) is 5.95 Å². The van der Waals surface area contributed by atoms with E-state index in [1.807, 2.05) is 30.3 Å². The van der Waals surface area contributed by atoms with Gasteiger partial charge < -0.3 is 15.4 Å². The lowest BCUT2D eigenvalue weighted by Gasteiger charge is -2.36. The molecular weight excluding hydrogens is 627 g/mol. The maximum Gasteiger partial charge on any atom is 0.420 e. The number of rotatable bonds is 9. The Morgan fingerprint density at radius 2 is 1.71 bits per heavy atom. The van der Waals surface area contributed by atoms with E-state index in [9.17, 15) is 18.0 Å². The minimum Gasteiger partial charge on any atom is -0.467 e. The molecule has 2 amide bonds. The number of halogens is 3. The molecular formula is C32H32F3N11O2. The molecule has 1 aliphatic carbocycles. The summed E-state index contributed by atoms with van der Waals surface area (Å²) in [6.45, 7) is 1.98. The highest BCUT2D eigenvalue weighted by atomic mass is 19.4. The molecule has 48 heavy (non-hydrogen) atoms. The molecule has 1 fully saturated rings. The number of aromatic amines is 1. The molecule has 1 saturated carbocycles. The molecule has 0 bridgehead atoms. The first kappa shape index (κ1) is 32.3. The fourth-order valence-corrected chi connectivity index (χ4v) is 5.56. The third kappa shape index (κ3) is 7.32. The van der Waals surface area contributed by atoms with E-state index in [4.69, 9.17) is 4.74 Å². The van der Waals surface area contributed by atoms with E-state index in [-0.39, 0.29) is 41.5 Å². The number of aryl methyl sites for hydroxylation is 1. The van der Waals surface area contributed by atoms with Gasteiger partial charge in [0.25, 0.3) is 0 Å². The molecule has 6 rings (SSSR count). The number of amides is 2. The summed E-state index contributed by atoms with van der Waals surface area (Å²) in [5, 5.41) is 12.7. The van der Waals surface area contributed by atoms with Gasteiger partial charge in [0.05, 0.1) is 37.1 Å². The van der Waals surface area contributed by atoms with E-state index < -0.39 is 11.7 Å². The number of alkyl halides is 3. The van der Waals surface area contributed by atoms with Crippen LogP contribution in [-0.4, -0.2) is 65.3 Å². The van der Waals surface area contributed by atoms with E-state index in [1.54, 1.807) is 36.6 Å². The molecule has 0 aliphatic heterocycles. The number of carbonyl (C=O) groups excluding carboxylic acids is 1. The zero-order valence-electron chi connectivity index (χ0n) is 26.1. The maximum atomic E-state index is 13.8. The first-order valence-electron chi connectivity index (χ1n) is 15.2. The van der Waals surface area contributed by atoms with E-state index in [2.05, 4.69) is 50.7 Å². The van der Waals surface area contributed by atoms with Crippen LogP contribution in [-0.2, 0) is 12.7 Å². The van der Waals surface area contributed by atoms with Crippen molar-refractivity contribution < 1.29 is 22.7 Å². The predicted molar refractivity (Wildman–Crippen MR) is 170 cm³/mol. The second-order valence-electron chi connectivity index (χ2n) is 11.3. The molecule has 16 heteroatoms. The number of hydrogen-bond donors (Lipinski definition) is 3. The van der Waals surface area contributed by atoms with Gasteiger partial charge in [-0.05, 0) is 43.7 Å². The molecule has 3 N–H and O–H groups in total. The van der Waals surface area contributed by atoms with E-state index in [0.29, 0.717) is 54.9 Å². The lowest BCUT2D eigenvalue weighted by molar-refractivity contribution is -0.137. The van der Waals surface area contributed by atoms with E-state index >= 15 is 0 Å². The number of urea groups is 1. The van der Waals surface area contributed by atoms with Gasteiger partial charge in [-0.2, -0.15) is 18.3 Å². The molecule has 1 aliphatic rings. The Balaban J connectivity index is 1.18. The van der Waals surface area contributed by atoms with Gasteiger partial charge in [-0.1, -0.05) is 30.3 Å². The molecule has 0 atom stereocenters. The quantitative estimate of drug-likeness (QED) is 0.182. The van der Waals surface area contributed by atoms with Crippen LogP contribution in [0.3, 0.4) is 0 Å². The van der Waals surface area contributed by atoms with Gasteiger partial charge in [-0.15, -0.1) is 0 Å². The van der Waals surface area contributed by atoms with Crippen molar-refractivity contribution >= 4 is 17.8 Å². The molecule has 0 radical (unpaired) electrons. The number of nitrogens with zero attached hydrogens (tertiary/aromatic N) is 8. The summed E-state index contributed by atoms with van der Waals surface area (Å²) in [4.78, 5) is 40.9. The Labute approximate surface area is 273 Å². The number of benzene rings is 1. The normalized spacial score (nSPS) is 16.3. The van der Waals surface area contributed by atoms with Crippen LogP contribution in [0.1, 0.15) is 42.4 Å². The van der Waals surface area contributed by atoms with Gasteiger partial charge in [-0.25, -0.2) is 29.7 Å². The molecule has 13 nitrogen and oxygen atoms in total. The largest absolute Gasteiger partial charge is 0.467 e. The number of nitrogens with one attached hydrogen (secondary N) is 3. The summed E-state index contributed by atoms with van der Waals surface area (Å²) in [6, 6.07) is 9.12. The zero-order chi connectivity index (χ0) is 33.7. The third-order valence-corrected chi connectivity index (χ3v) is 8.05. The summed E-state index contributed by atoms with van der Waals surface area (Å²) in [5.74, 6) is 0.456. The Morgan fingerprint density at radius 3 is 2.33 bits per heavy atom. The van der Waals surface area contributed by atoms with Crippen LogP contribution in [0.25, 0.3) is 22.6 Å². The average Bonchev–Trinajstić information content (AvgIpc) is 3.54. The topological polar surface area (TPSA) is 160 Å². The highest BCUT2D eigenvalue weighted by Crippen LogP contribution is 2.37. The molecule has 1 aromatic carbocycles. The second kappa shape index (κ2) is 14.0. The lowest BCUT2D eigenvalue weighted by atomic mass is 9.90. The van der Waals surface area contributed by atoms with Crippen molar-refractivity contribution in [2.75, 3.05) is 17.3 Å². The number of methoxy groups -OCH3 is 1. The van der Waals surface area contributed by atoms with E-state index in [0.717, 1.165) is 11.8 Å². The minimum atomic E-state index is -4.64. The average molecular weight is 660 g/mol. The van der Waals surface area contributed by atoms with Crippen LogP contribution in [0.4, 0.5) is 29.7 Å². The van der Waals surface area contributed by atoms with Crippen LogP contribution in [0.5, 0.6) is 6.01 Å². The summed E-state index contributed by atoms with van der Waals surface area (Å²) in [6.07, 6.45) is 6.22. The van der Waals surface area contributed by atoms with Crippen molar-refractivity contribution in [1.29, 1.82) is 0 Å². The standard InChI is InChI=1S/C32H32F3N11O2/c1-19-12-42-45-27(19)28-24(32(33,34)35)16-38-29(44-28)43-22-8-10-23(11-9-22)46(31(47)41-13-20-6-4-3-5-7-20)26-18-36-25(17-37-26)21-14-39-30(48-2)40-15-21/h3-7,12,14-18,22-23H,8-11,13H2,1-2H3,(H,41,47)(H,42,45)(H,38,43,44). The summed E-state index contributed by atoms with van der Waals surface area (Å²) in [5.41, 5.74) is 1.60. The monoisotopic (exact) mass is 659 g/mol. The van der Waals surface area contributed by atoms with Crippen molar-refractivity contribution in [3.63, 3.8) is 0 Å². The van der Waals surface area contributed by atoms with Crippen molar-refractivity contribution in [3.8, 4) is 28.7 Å². The van der Waals surface area contributed by atoms with Crippen molar-refractivity contribution in [2.45, 2.75) is 57.4 Å². The van der Waals surface area contributed by atoms with Crippen LogP contribution in [0, 0.1) is 6.92 Å². The van der Waals surface area contributed by atoms with Gasteiger partial charge in [0, 0.05) is 42.8 Å². The second-order valence-corrected chi connectivity index (χ2v) is 11.3. The number of carbonyl (C=O) groups is 1. The molecule has 4 heterocycles. The first-order valence-corrected chi connectivity index (χ1v) is 15.2. The highest BCUT2D eigenvalue weighted by Gasteiger charge is 2.37. The zero-order valence-corrected chi connectivity index (χ0v) is 26.1. The van der Waals surface area contributed by atoms with Gasteiger partial charge in [-0.3, -0.25) is 15.0 Å². The first-order chi connectivity index (χ1) is 23.2. The predicted octanol–water partition coefficient (Wildman–Crippen LogP) is 5.59. The Bertz CT molecular complexity index is 1830. The third-order valence-electron chi connectivity index (χ3n) is 8.05.